The fourth-order valence-electron chi connectivity index (χ4n) is 2.89. The van der Waals surface area contributed by atoms with Crippen molar-refractivity contribution >= 4 is 22.4 Å². The van der Waals surface area contributed by atoms with Crippen LogP contribution in [0.2, 0.25) is 0 Å². The minimum absolute atomic E-state index is 0.560. The maximum absolute atomic E-state index is 5.87. The van der Waals surface area contributed by atoms with Crippen molar-refractivity contribution in [1.82, 2.24) is 0 Å². The Balaban J connectivity index is 0.000000396. The third-order valence-corrected chi connectivity index (χ3v) is 4.52. The zero-order valence-electron chi connectivity index (χ0n) is 18.2. The lowest BCUT2D eigenvalue weighted by atomic mass is 10.1. The molecule has 0 radical (unpaired) electrons. The molecule has 0 bridgehead atoms. The van der Waals surface area contributed by atoms with Crippen LogP contribution in [-0.4, -0.2) is 12.5 Å². The first kappa shape index (κ1) is 22.9. The second-order valence-corrected chi connectivity index (χ2v) is 6.81. The average molecular weight is 398 g/mol. The lowest BCUT2D eigenvalue weighted by Crippen LogP contribution is -2.04. The summed E-state index contributed by atoms with van der Waals surface area (Å²) in [6.07, 6.45) is 19.0. The van der Waals surface area contributed by atoms with Crippen LogP contribution in [0.15, 0.2) is 120 Å². The molecule has 0 unspecified atom stereocenters. The summed E-state index contributed by atoms with van der Waals surface area (Å²) in [6, 6.07) is 14.4. The van der Waals surface area contributed by atoms with Crippen LogP contribution in [0.25, 0.3) is 10.8 Å². The summed E-state index contributed by atoms with van der Waals surface area (Å²) < 4.78 is 5.87. The fourth-order valence-corrected chi connectivity index (χ4v) is 2.89. The Labute approximate surface area is 181 Å². The Morgan fingerprint density at radius 1 is 1.10 bits per heavy atom. The predicted molar refractivity (Wildman–Crippen MR) is 132 cm³/mol. The fraction of sp³-hybridized carbons (Fsp3) is 0.179. The number of hydrogen-bond donors (Lipinski definition) is 0. The molecular formula is C28H31NO. The lowest BCUT2D eigenvalue weighted by molar-refractivity contribution is 0.338. The highest BCUT2D eigenvalue weighted by atomic mass is 16.5. The number of hydrogen-bond acceptors (Lipinski definition) is 2. The zero-order chi connectivity index (χ0) is 21.6. The van der Waals surface area contributed by atoms with Gasteiger partial charge < -0.3 is 4.74 Å². The summed E-state index contributed by atoms with van der Waals surface area (Å²) >= 11 is 0. The molecule has 3 rings (SSSR count). The SMILES string of the molecule is C=C/C=C\C=C/C.CC1=CC=CCC=C1COC(C)=Nc1cccc2ccccc12. The van der Waals surface area contributed by atoms with E-state index in [9.17, 15) is 0 Å². The largest absolute Gasteiger partial charge is 0.476 e. The first-order valence-corrected chi connectivity index (χ1v) is 10.2. The van der Waals surface area contributed by atoms with E-state index in [1.54, 1.807) is 6.08 Å². The molecule has 2 aromatic rings. The van der Waals surface area contributed by atoms with Crippen LogP contribution in [-0.2, 0) is 4.74 Å². The van der Waals surface area contributed by atoms with Gasteiger partial charge in [-0.3, -0.25) is 0 Å². The van der Waals surface area contributed by atoms with Gasteiger partial charge in [-0.2, -0.15) is 0 Å². The van der Waals surface area contributed by atoms with Crippen molar-refractivity contribution in [2.45, 2.75) is 27.2 Å². The smallest absolute Gasteiger partial charge is 0.185 e. The molecule has 0 amide bonds. The molecule has 0 aliphatic heterocycles. The number of ether oxygens (including phenoxy) is 1. The first-order chi connectivity index (χ1) is 14.7. The highest BCUT2D eigenvalue weighted by molar-refractivity contribution is 5.94. The maximum atomic E-state index is 5.87. The molecule has 30 heavy (non-hydrogen) atoms. The molecule has 0 spiro atoms. The molecule has 0 atom stereocenters. The van der Waals surface area contributed by atoms with Crippen LogP contribution in [0.5, 0.6) is 0 Å². The monoisotopic (exact) mass is 397 g/mol. The molecule has 2 heteroatoms. The third kappa shape index (κ3) is 7.56. The summed E-state index contributed by atoms with van der Waals surface area (Å²) in [5.41, 5.74) is 3.42. The summed E-state index contributed by atoms with van der Waals surface area (Å²) in [7, 11) is 0. The van der Waals surface area contributed by atoms with E-state index < -0.39 is 0 Å². The second kappa shape index (κ2) is 12.9. The molecule has 2 aromatic carbocycles. The number of nitrogens with zero attached hydrogens (tertiary/aromatic N) is 1. The van der Waals surface area contributed by atoms with Crippen molar-refractivity contribution in [3.05, 3.63) is 115 Å². The van der Waals surface area contributed by atoms with Gasteiger partial charge in [-0.1, -0.05) is 97.7 Å². The van der Waals surface area contributed by atoms with E-state index >= 15 is 0 Å². The van der Waals surface area contributed by atoms with E-state index in [-0.39, 0.29) is 0 Å². The molecule has 0 aromatic heterocycles. The van der Waals surface area contributed by atoms with Crippen molar-refractivity contribution in [3.8, 4) is 0 Å². The van der Waals surface area contributed by atoms with E-state index in [2.05, 4.69) is 61.0 Å². The van der Waals surface area contributed by atoms with Crippen LogP contribution >= 0.6 is 0 Å². The van der Waals surface area contributed by atoms with Crippen molar-refractivity contribution in [3.63, 3.8) is 0 Å². The van der Waals surface area contributed by atoms with Crippen LogP contribution in [0.4, 0.5) is 5.69 Å². The second-order valence-electron chi connectivity index (χ2n) is 6.81. The zero-order valence-corrected chi connectivity index (χ0v) is 18.2. The van der Waals surface area contributed by atoms with Crippen molar-refractivity contribution in [1.29, 1.82) is 0 Å². The van der Waals surface area contributed by atoms with Crippen molar-refractivity contribution < 1.29 is 4.74 Å². The van der Waals surface area contributed by atoms with Crippen LogP contribution in [0.3, 0.4) is 0 Å². The molecule has 1 aliphatic carbocycles. The molecular weight excluding hydrogens is 366 g/mol. The summed E-state index contributed by atoms with van der Waals surface area (Å²) in [6.45, 7) is 10.1. The Hall–Kier alpha value is -3.39. The van der Waals surface area contributed by atoms with Crippen molar-refractivity contribution in [2.75, 3.05) is 6.61 Å². The Morgan fingerprint density at radius 3 is 2.70 bits per heavy atom. The van der Waals surface area contributed by atoms with Gasteiger partial charge in [0.05, 0.1) is 5.69 Å². The minimum atomic E-state index is 0.560. The molecule has 2 nitrogen and oxygen atoms in total. The van der Waals surface area contributed by atoms with Gasteiger partial charge in [-0.25, -0.2) is 4.99 Å². The molecule has 154 valence electrons. The molecule has 0 fully saturated rings. The Morgan fingerprint density at radius 2 is 1.90 bits per heavy atom. The summed E-state index contributed by atoms with van der Waals surface area (Å²) in [4.78, 5) is 4.65. The standard InChI is InChI=1S/C21H21NO.C7H10/c1-16-9-4-3-5-11-19(16)15-23-17(2)22-21-14-8-12-18-10-6-7-13-20(18)21;1-3-5-7-6-4-2/h3-4,6-14H,5,15H2,1-2H3;3-7H,1H2,2H3/b;6-4-,7-5-. The number of rotatable bonds is 5. The first-order valence-electron chi connectivity index (χ1n) is 10.2. The highest BCUT2D eigenvalue weighted by Crippen LogP contribution is 2.26. The van der Waals surface area contributed by atoms with E-state index in [1.165, 1.54) is 16.5 Å². The number of fused-ring (bicyclic) bond motifs is 1. The Kier molecular flexibility index (Phi) is 9.88. The summed E-state index contributed by atoms with van der Waals surface area (Å²) in [5.74, 6) is 0.687. The molecule has 0 saturated carbocycles. The van der Waals surface area contributed by atoms with Crippen molar-refractivity contribution in [2.24, 2.45) is 4.99 Å². The van der Waals surface area contributed by atoms with E-state index in [0.717, 1.165) is 17.5 Å². The molecule has 0 N–H and O–H groups in total. The van der Waals surface area contributed by atoms with Gasteiger partial charge in [0.1, 0.15) is 6.61 Å². The number of benzene rings is 2. The van der Waals surface area contributed by atoms with E-state index in [0.29, 0.717) is 12.5 Å². The van der Waals surface area contributed by atoms with E-state index in [4.69, 9.17) is 4.74 Å². The molecule has 0 heterocycles. The molecule has 0 saturated heterocycles. The van der Waals surface area contributed by atoms with Crippen LogP contribution < -0.4 is 0 Å². The van der Waals surface area contributed by atoms with E-state index in [1.807, 2.05) is 62.4 Å². The summed E-state index contributed by atoms with van der Waals surface area (Å²) in [5, 5.41) is 2.34. The lowest BCUT2D eigenvalue weighted by Gasteiger charge is -2.10. The van der Waals surface area contributed by atoms with Gasteiger partial charge in [-0.15, -0.1) is 0 Å². The number of aliphatic imine (C=N–C) groups is 1. The Bertz CT molecular complexity index is 1010. The van der Waals surface area contributed by atoms with Gasteiger partial charge >= 0.3 is 0 Å². The van der Waals surface area contributed by atoms with Gasteiger partial charge in [0.25, 0.3) is 0 Å². The topological polar surface area (TPSA) is 21.6 Å². The highest BCUT2D eigenvalue weighted by Gasteiger charge is 2.04. The number of allylic oxidation sites excluding steroid dienone is 9. The minimum Gasteiger partial charge on any atom is -0.476 e. The van der Waals surface area contributed by atoms with Gasteiger partial charge in [0.15, 0.2) is 5.90 Å². The predicted octanol–water partition coefficient (Wildman–Crippen LogP) is 8.04. The maximum Gasteiger partial charge on any atom is 0.185 e. The van der Waals surface area contributed by atoms with Gasteiger partial charge in [0, 0.05) is 12.3 Å². The van der Waals surface area contributed by atoms with Crippen LogP contribution in [0, 0.1) is 0 Å². The normalized spacial score (nSPS) is 14.2. The average Bonchev–Trinajstić information content (AvgIpc) is 2.97. The molecule has 1 aliphatic rings. The van der Waals surface area contributed by atoms with Gasteiger partial charge in [0.2, 0.25) is 0 Å². The quantitative estimate of drug-likeness (QED) is 0.284. The third-order valence-electron chi connectivity index (χ3n) is 4.52. The van der Waals surface area contributed by atoms with Crippen LogP contribution in [0.1, 0.15) is 27.2 Å². The van der Waals surface area contributed by atoms with Gasteiger partial charge in [-0.05, 0) is 42.9 Å².